The molecule has 11 heteroatoms. The van der Waals surface area contributed by atoms with Gasteiger partial charge in [0.05, 0.1) is 14.9 Å². The second-order valence-electron chi connectivity index (χ2n) is 8.87. The molecule has 0 aliphatic carbocycles. The molecular weight excluding hydrogens is 586 g/mol. The van der Waals surface area contributed by atoms with Crippen LogP contribution in [0.4, 0.5) is 0 Å². The summed E-state index contributed by atoms with van der Waals surface area (Å²) < 4.78 is 27.1. The Morgan fingerprint density at radius 1 is 0.842 bits per heavy atom. The largest absolute Gasteiger partial charge is 0.328 e. The van der Waals surface area contributed by atoms with E-state index >= 15 is 0 Å². The highest BCUT2D eigenvalue weighted by Gasteiger charge is 2.18. The smallest absolute Gasteiger partial charge is 0.240 e. The molecule has 0 saturated carbocycles. The van der Waals surface area contributed by atoms with Gasteiger partial charge in [-0.15, -0.1) is 0 Å². The number of nitrogens with one attached hydrogen (secondary N) is 1. The third-order valence-electron chi connectivity index (χ3n) is 5.63. The second-order valence-corrected chi connectivity index (χ2v) is 12.1. The number of nitrogens with two attached hydrogens (primary N) is 1. The van der Waals surface area contributed by atoms with E-state index < -0.39 is 10.0 Å². The SMILES string of the molecule is CC[C@H](C)N.CC[C@H](C)NS(=O)(=O)c1ccc2c(Cl)cnc(Cl)c2c1.Cc1ccc2c(Cl)cnc(Cl)c2c1.[2HH].[2HH]. The number of hydrogen-bond acceptors (Lipinski definition) is 5. The Morgan fingerprint density at radius 3 is 1.79 bits per heavy atom. The number of aryl methyl sites for hydroxylation is 1. The summed E-state index contributed by atoms with van der Waals surface area (Å²) in [6.45, 7) is 9.81. The van der Waals surface area contributed by atoms with Gasteiger partial charge in [-0.25, -0.2) is 23.1 Å². The van der Waals surface area contributed by atoms with Crippen LogP contribution in [0.2, 0.25) is 20.4 Å². The molecule has 4 aromatic rings. The van der Waals surface area contributed by atoms with Crippen molar-refractivity contribution in [1.29, 1.82) is 0 Å². The van der Waals surface area contributed by atoms with E-state index in [1.807, 2.05) is 45.9 Å². The third-order valence-corrected chi connectivity index (χ3v) is 8.42. The van der Waals surface area contributed by atoms with Gasteiger partial charge in [0.25, 0.3) is 0 Å². The van der Waals surface area contributed by atoms with Gasteiger partial charge in [0.2, 0.25) is 10.0 Å². The van der Waals surface area contributed by atoms with Crippen molar-refractivity contribution < 1.29 is 11.3 Å². The number of rotatable bonds is 5. The van der Waals surface area contributed by atoms with Crippen molar-refractivity contribution in [3.8, 4) is 0 Å². The predicted molar refractivity (Wildman–Crippen MR) is 167 cm³/mol. The molecule has 2 atom stereocenters. The zero-order valence-corrected chi connectivity index (χ0v) is 25.7. The van der Waals surface area contributed by atoms with Gasteiger partial charge in [0.1, 0.15) is 10.3 Å². The van der Waals surface area contributed by atoms with Crippen LogP contribution in [0, 0.1) is 6.92 Å². The first-order valence-corrected chi connectivity index (χ1v) is 15.0. The van der Waals surface area contributed by atoms with Gasteiger partial charge in [0.15, 0.2) is 0 Å². The zero-order chi connectivity index (χ0) is 28.6. The van der Waals surface area contributed by atoms with Crippen LogP contribution in [0.5, 0.6) is 0 Å². The normalized spacial score (nSPS) is 12.8. The minimum absolute atomic E-state index is 0. The summed E-state index contributed by atoms with van der Waals surface area (Å²) in [5.41, 5.74) is 6.44. The minimum atomic E-state index is -3.57. The fourth-order valence-corrected chi connectivity index (χ4v) is 5.22. The van der Waals surface area contributed by atoms with E-state index in [1.54, 1.807) is 12.3 Å². The van der Waals surface area contributed by atoms with Crippen LogP contribution in [0.15, 0.2) is 53.7 Å². The highest BCUT2D eigenvalue weighted by molar-refractivity contribution is 7.89. The van der Waals surface area contributed by atoms with Gasteiger partial charge in [-0.3, -0.25) is 0 Å². The molecule has 0 fully saturated rings. The Bertz CT molecular complexity index is 1510. The molecule has 2 aromatic heterocycles. The van der Waals surface area contributed by atoms with Crippen LogP contribution in [0.3, 0.4) is 0 Å². The van der Waals surface area contributed by atoms with Crippen molar-refractivity contribution in [3.05, 3.63) is 74.7 Å². The van der Waals surface area contributed by atoms with Gasteiger partial charge < -0.3 is 5.73 Å². The van der Waals surface area contributed by atoms with E-state index in [-0.39, 0.29) is 18.9 Å². The topological polar surface area (TPSA) is 98.0 Å². The first-order chi connectivity index (χ1) is 17.8. The van der Waals surface area contributed by atoms with E-state index in [4.69, 9.17) is 52.1 Å². The van der Waals surface area contributed by atoms with Crippen molar-refractivity contribution >= 4 is 78.0 Å². The first-order valence-electron chi connectivity index (χ1n) is 12.0. The summed E-state index contributed by atoms with van der Waals surface area (Å²) in [5.74, 6) is 0. The molecule has 210 valence electrons. The van der Waals surface area contributed by atoms with Gasteiger partial charge in [-0.1, -0.05) is 84.0 Å². The molecule has 0 unspecified atom stereocenters. The molecule has 3 N–H and O–H groups in total. The summed E-state index contributed by atoms with van der Waals surface area (Å²) in [7, 11) is -3.57. The number of halogens is 4. The lowest BCUT2D eigenvalue weighted by Gasteiger charge is -2.13. The van der Waals surface area contributed by atoms with Crippen LogP contribution in [0.1, 0.15) is 49.0 Å². The summed E-state index contributed by atoms with van der Waals surface area (Å²) >= 11 is 23.9. The molecule has 0 radical (unpaired) electrons. The number of sulfonamides is 1. The lowest BCUT2D eigenvalue weighted by atomic mass is 10.1. The number of fused-ring (bicyclic) bond motifs is 2. The molecule has 0 amide bonds. The second kappa shape index (κ2) is 14.6. The molecular formula is C27H36Cl4N4O2S. The molecule has 2 aromatic carbocycles. The van der Waals surface area contributed by atoms with Gasteiger partial charge in [0, 0.05) is 48.9 Å². The van der Waals surface area contributed by atoms with E-state index in [9.17, 15) is 8.42 Å². The average Bonchev–Trinajstić information content (AvgIpc) is 2.88. The van der Waals surface area contributed by atoms with Gasteiger partial charge in [-0.05, 0) is 51.8 Å². The Kier molecular flexibility index (Phi) is 12.5. The van der Waals surface area contributed by atoms with Crippen molar-refractivity contribution in [2.75, 3.05) is 0 Å². The Hall–Kier alpha value is -1.71. The number of hydrogen-bond donors (Lipinski definition) is 2. The van der Waals surface area contributed by atoms with E-state index in [0.29, 0.717) is 38.4 Å². The molecule has 0 bridgehead atoms. The fraction of sp³-hybridized carbons (Fsp3) is 0.333. The lowest BCUT2D eigenvalue weighted by Crippen LogP contribution is -2.31. The van der Waals surface area contributed by atoms with Crippen molar-refractivity contribution in [3.63, 3.8) is 0 Å². The number of benzene rings is 2. The van der Waals surface area contributed by atoms with Crippen molar-refractivity contribution in [1.82, 2.24) is 14.7 Å². The fourth-order valence-electron chi connectivity index (χ4n) is 3.03. The molecule has 0 aliphatic heterocycles. The number of aromatic nitrogens is 2. The number of pyridine rings is 2. The van der Waals surface area contributed by atoms with Crippen LogP contribution in [-0.4, -0.2) is 30.5 Å². The third kappa shape index (κ3) is 8.91. The molecule has 0 aliphatic rings. The van der Waals surface area contributed by atoms with Gasteiger partial charge >= 0.3 is 0 Å². The van der Waals surface area contributed by atoms with Crippen LogP contribution in [0.25, 0.3) is 21.5 Å². The van der Waals surface area contributed by atoms with E-state index in [0.717, 1.165) is 22.8 Å². The Balaban J connectivity index is 0.000000656. The Labute approximate surface area is 247 Å². The van der Waals surface area contributed by atoms with Crippen LogP contribution < -0.4 is 10.5 Å². The molecule has 38 heavy (non-hydrogen) atoms. The van der Waals surface area contributed by atoms with Crippen molar-refractivity contribution in [2.24, 2.45) is 5.73 Å². The summed E-state index contributed by atoms with van der Waals surface area (Å²) in [4.78, 5) is 8.06. The maximum Gasteiger partial charge on any atom is 0.240 e. The first kappa shape index (κ1) is 32.5. The highest BCUT2D eigenvalue weighted by Crippen LogP contribution is 2.30. The quantitative estimate of drug-likeness (QED) is 0.217. The standard InChI is InChI=1S/C13H14Cl2N2O2S.C10H7Cl2N.C4H11N.2H2/c1-3-8(2)17-20(18,19)9-4-5-10-11(6-9)13(15)16-7-12(10)14;1-6-2-3-7-8(4-6)10(12)13-5-9(7)11;1-3-4(2)5;;/h4-8,17H,3H2,1-2H3;2-5H,1H3;4H,3,5H2,1-2H3;2*1H/t8-;;4-;;/m0.0../s1/i;;;2*1+1. The average molecular weight is 625 g/mol. The minimum Gasteiger partial charge on any atom is -0.328 e. The maximum atomic E-state index is 12.2. The Morgan fingerprint density at radius 2 is 1.32 bits per heavy atom. The van der Waals surface area contributed by atoms with E-state index in [1.165, 1.54) is 18.3 Å². The zero-order valence-electron chi connectivity index (χ0n) is 21.9. The van der Waals surface area contributed by atoms with Crippen LogP contribution >= 0.6 is 46.4 Å². The monoisotopic (exact) mass is 622 g/mol. The highest BCUT2D eigenvalue weighted by atomic mass is 35.5. The molecule has 0 saturated heterocycles. The van der Waals surface area contributed by atoms with Crippen molar-refractivity contribution in [2.45, 2.75) is 64.4 Å². The van der Waals surface area contributed by atoms with Crippen LogP contribution in [-0.2, 0) is 10.0 Å². The summed E-state index contributed by atoms with van der Waals surface area (Å²) in [5, 5.41) is 4.86. The molecule has 4 rings (SSSR count). The number of nitrogens with zero attached hydrogens (tertiary/aromatic N) is 2. The summed E-state index contributed by atoms with van der Waals surface area (Å²) in [6.07, 6.45) is 4.81. The van der Waals surface area contributed by atoms with E-state index in [2.05, 4.69) is 21.6 Å². The summed E-state index contributed by atoms with van der Waals surface area (Å²) in [6, 6.07) is 10.8. The molecule has 2 heterocycles. The lowest BCUT2D eigenvalue weighted by molar-refractivity contribution is 0.556. The van der Waals surface area contributed by atoms with Gasteiger partial charge in [-0.2, -0.15) is 0 Å². The molecule has 6 nitrogen and oxygen atoms in total. The molecule has 0 spiro atoms. The maximum absolute atomic E-state index is 12.2. The predicted octanol–water partition coefficient (Wildman–Crippen LogP) is 8.70.